The topological polar surface area (TPSA) is 35.5 Å². The van der Waals surface area contributed by atoms with Gasteiger partial charge < -0.3 is 9.47 Å². The van der Waals surface area contributed by atoms with Crippen molar-refractivity contribution in [1.82, 2.24) is 0 Å². The third kappa shape index (κ3) is 7.30. The number of hydrogen-bond acceptors (Lipinski definition) is 4. The van der Waals surface area contributed by atoms with Crippen LogP contribution in [0.25, 0.3) is 11.1 Å². The van der Waals surface area contributed by atoms with Crippen LogP contribution in [0, 0.1) is 5.92 Å². The summed E-state index contributed by atoms with van der Waals surface area (Å²) in [5.41, 5.74) is 2.27. The molecule has 2 aromatic rings. The third-order valence-electron chi connectivity index (χ3n) is 4.55. The molecule has 2 rings (SSSR count). The number of ether oxygens (including phenoxy) is 2. The minimum Gasteiger partial charge on any atom is -0.497 e. The van der Waals surface area contributed by atoms with E-state index >= 15 is 0 Å². The molecule has 4 heteroatoms. The Balaban J connectivity index is 1.89. The van der Waals surface area contributed by atoms with Crippen LogP contribution < -0.4 is 4.74 Å². The zero-order valence-electron chi connectivity index (χ0n) is 16.6. The highest BCUT2D eigenvalue weighted by molar-refractivity contribution is 7.99. The van der Waals surface area contributed by atoms with E-state index in [1.807, 2.05) is 30.3 Å². The lowest BCUT2D eigenvalue weighted by Gasteiger charge is -2.14. The Hall–Kier alpha value is -1.94. The normalized spacial score (nSPS) is 11.8. The lowest BCUT2D eigenvalue weighted by molar-refractivity contribution is -0.144. The van der Waals surface area contributed by atoms with Crippen LogP contribution in [0.4, 0.5) is 0 Å². The molecule has 0 spiro atoms. The molecule has 0 aromatic heterocycles. The van der Waals surface area contributed by atoms with Crippen molar-refractivity contribution in [3.63, 3.8) is 0 Å². The van der Waals surface area contributed by atoms with Crippen molar-refractivity contribution < 1.29 is 14.3 Å². The highest BCUT2D eigenvalue weighted by atomic mass is 32.2. The van der Waals surface area contributed by atoms with Gasteiger partial charge in [0.2, 0.25) is 0 Å². The maximum absolute atomic E-state index is 12.0. The molecule has 1 unspecified atom stereocenters. The molecule has 0 aliphatic heterocycles. The Morgan fingerprint density at radius 1 is 1.07 bits per heavy atom. The quantitative estimate of drug-likeness (QED) is 0.339. The molecule has 27 heavy (non-hydrogen) atoms. The summed E-state index contributed by atoms with van der Waals surface area (Å²) in [4.78, 5) is 13.1. The molecule has 0 radical (unpaired) electrons. The average Bonchev–Trinajstić information content (AvgIpc) is 2.71. The Bertz CT molecular complexity index is 700. The molecule has 0 amide bonds. The van der Waals surface area contributed by atoms with Crippen molar-refractivity contribution in [3.8, 4) is 16.9 Å². The second-order valence-electron chi connectivity index (χ2n) is 6.61. The summed E-state index contributed by atoms with van der Waals surface area (Å²) >= 11 is 1.66. The molecule has 0 aliphatic rings. The highest BCUT2D eigenvalue weighted by Gasteiger charge is 2.10. The lowest BCUT2D eigenvalue weighted by Crippen LogP contribution is -2.14. The number of benzene rings is 2. The van der Waals surface area contributed by atoms with Crippen LogP contribution in [0.5, 0.6) is 5.75 Å². The Morgan fingerprint density at radius 2 is 1.85 bits per heavy atom. The van der Waals surface area contributed by atoms with Gasteiger partial charge in [0.05, 0.1) is 20.1 Å². The predicted octanol–water partition coefficient (Wildman–Crippen LogP) is 6.21. The monoisotopic (exact) mass is 386 g/mol. The maximum atomic E-state index is 12.0. The van der Waals surface area contributed by atoms with Crippen molar-refractivity contribution in [2.24, 2.45) is 5.92 Å². The van der Waals surface area contributed by atoms with Crippen molar-refractivity contribution in [2.45, 2.75) is 44.4 Å². The van der Waals surface area contributed by atoms with Gasteiger partial charge in [0, 0.05) is 10.6 Å². The Labute approximate surface area is 167 Å². The van der Waals surface area contributed by atoms with Crippen LogP contribution in [0.2, 0.25) is 0 Å². The molecular formula is C23H30O3S. The summed E-state index contributed by atoms with van der Waals surface area (Å²) in [7, 11) is 1.68. The van der Waals surface area contributed by atoms with Crippen LogP contribution in [0.15, 0.2) is 53.4 Å². The molecule has 3 nitrogen and oxygen atoms in total. The zero-order chi connectivity index (χ0) is 19.5. The number of methoxy groups -OCH3 is 1. The van der Waals surface area contributed by atoms with Gasteiger partial charge in [-0.1, -0.05) is 57.0 Å². The summed E-state index contributed by atoms with van der Waals surface area (Å²) in [5.74, 6) is 1.90. The molecule has 0 N–H and O–H groups in total. The van der Waals surface area contributed by atoms with Crippen LogP contribution in [-0.2, 0) is 9.53 Å². The average molecular weight is 387 g/mol. The van der Waals surface area contributed by atoms with E-state index in [4.69, 9.17) is 9.47 Å². The maximum Gasteiger partial charge on any atom is 0.306 e. The molecular weight excluding hydrogens is 356 g/mol. The van der Waals surface area contributed by atoms with Gasteiger partial charge in [0.1, 0.15) is 5.75 Å². The van der Waals surface area contributed by atoms with E-state index in [9.17, 15) is 4.79 Å². The van der Waals surface area contributed by atoms with Crippen LogP contribution >= 0.6 is 11.8 Å². The Morgan fingerprint density at radius 3 is 2.52 bits per heavy atom. The van der Waals surface area contributed by atoms with Crippen molar-refractivity contribution in [1.29, 1.82) is 0 Å². The van der Waals surface area contributed by atoms with E-state index in [0.29, 0.717) is 24.7 Å². The first-order chi connectivity index (χ1) is 13.2. The largest absolute Gasteiger partial charge is 0.497 e. The first-order valence-corrected chi connectivity index (χ1v) is 10.7. The number of hydrogen-bond donors (Lipinski definition) is 0. The summed E-state index contributed by atoms with van der Waals surface area (Å²) in [6.07, 6.45) is 3.73. The Kier molecular flexibility index (Phi) is 9.26. The first kappa shape index (κ1) is 21.4. The third-order valence-corrected chi connectivity index (χ3v) is 5.53. The minimum atomic E-state index is -0.108. The van der Waals surface area contributed by atoms with Crippen molar-refractivity contribution >= 4 is 17.7 Å². The van der Waals surface area contributed by atoms with E-state index in [0.717, 1.165) is 41.0 Å². The van der Waals surface area contributed by atoms with E-state index < -0.39 is 0 Å². The number of esters is 1. The van der Waals surface area contributed by atoms with E-state index in [-0.39, 0.29) is 5.97 Å². The van der Waals surface area contributed by atoms with Crippen molar-refractivity contribution in [2.75, 3.05) is 19.5 Å². The van der Waals surface area contributed by atoms with Crippen LogP contribution in [0.1, 0.15) is 39.5 Å². The molecule has 2 aromatic carbocycles. The van der Waals surface area contributed by atoms with Crippen LogP contribution in [-0.4, -0.2) is 25.4 Å². The van der Waals surface area contributed by atoms with Crippen molar-refractivity contribution in [3.05, 3.63) is 48.5 Å². The number of thioether (sulfide) groups is 1. The zero-order valence-corrected chi connectivity index (χ0v) is 17.4. The summed E-state index contributed by atoms with van der Waals surface area (Å²) < 4.78 is 10.9. The molecule has 0 aliphatic carbocycles. The minimum absolute atomic E-state index is 0.108. The van der Waals surface area contributed by atoms with E-state index in [1.165, 1.54) is 0 Å². The standard InChI is InChI=1S/C23H30O3S/c1-4-9-18(5-2)17-26-23(24)12-13-27-22-15-20(14-21(16-22)25-3)19-10-7-6-8-11-19/h6-8,10-11,14-16,18H,4-5,9,12-13,17H2,1-3H3. The fraction of sp³-hybridized carbons (Fsp3) is 0.435. The van der Waals surface area contributed by atoms with Gasteiger partial charge in [-0.25, -0.2) is 0 Å². The smallest absolute Gasteiger partial charge is 0.306 e. The molecule has 0 saturated heterocycles. The molecule has 146 valence electrons. The van der Waals surface area contributed by atoms with Gasteiger partial charge in [-0.3, -0.25) is 4.79 Å². The SMILES string of the molecule is CCCC(CC)COC(=O)CCSc1cc(OC)cc(-c2ccccc2)c1. The number of rotatable bonds is 11. The second kappa shape index (κ2) is 11.7. The van der Waals surface area contributed by atoms with Gasteiger partial charge in [-0.2, -0.15) is 0 Å². The van der Waals surface area contributed by atoms with Gasteiger partial charge >= 0.3 is 5.97 Å². The second-order valence-corrected chi connectivity index (χ2v) is 7.78. The summed E-state index contributed by atoms with van der Waals surface area (Å²) in [6.45, 7) is 4.86. The molecule has 0 fully saturated rings. The van der Waals surface area contributed by atoms with Crippen LogP contribution in [0.3, 0.4) is 0 Å². The van der Waals surface area contributed by atoms with E-state index in [1.54, 1.807) is 18.9 Å². The summed E-state index contributed by atoms with van der Waals surface area (Å²) in [5, 5.41) is 0. The molecule has 0 saturated carbocycles. The molecule has 0 heterocycles. The van der Waals surface area contributed by atoms with Gasteiger partial charge in [-0.15, -0.1) is 11.8 Å². The number of carbonyl (C=O) groups is 1. The fourth-order valence-electron chi connectivity index (χ4n) is 2.92. The summed E-state index contributed by atoms with van der Waals surface area (Å²) in [6, 6.07) is 16.4. The van der Waals surface area contributed by atoms with Gasteiger partial charge in [0.25, 0.3) is 0 Å². The predicted molar refractivity (Wildman–Crippen MR) is 113 cm³/mol. The first-order valence-electron chi connectivity index (χ1n) is 9.69. The highest BCUT2D eigenvalue weighted by Crippen LogP contribution is 2.31. The van der Waals surface area contributed by atoms with E-state index in [2.05, 4.69) is 32.0 Å². The lowest BCUT2D eigenvalue weighted by atomic mass is 10.0. The van der Waals surface area contributed by atoms with Gasteiger partial charge in [-0.05, 0) is 41.7 Å². The molecule has 1 atom stereocenters. The fourth-order valence-corrected chi connectivity index (χ4v) is 3.83. The van der Waals surface area contributed by atoms with Gasteiger partial charge in [0.15, 0.2) is 0 Å². The number of carbonyl (C=O) groups excluding carboxylic acids is 1. The molecule has 0 bridgehead atoms.